The van der Waals surface area contributed by atoms with E-state index in [-0.39, 0.29) is 5.91 Å². The fraction of sp³-hybridized carbons (Fsp3) is 0.778. The Morgan fingerprint density at radius 2 is 1.77 bits per heavy atom. The third kappa shape index (κ3) is 3.92. The summed E-state index contributed by atoms with van der Waals surface area (Å²) in [4.78, 5) is 23.5. The Morgan fingerprint density at radius 3 is 2.00 bits per heavy atom. The van der Waals surface area contributed by atoms with E-state index >= 15 is 0 Å². The maximum Gasteiger partial charge on any atom is 0.239 e. The molecule has 0 rings (SSSR count). The third-order valence-corrected chi connectivity index (χ3v) is 1.85. The van der Waals surface area contributed by atoms with Gasteiger partial charge in [0, 0.05) is 13.5 Å². The van der Waals surface area contributed by atoms with E-state index in [0.29, 0.717) is 12.5 Å². The summed E-state index contributed by atoms with van der Waals surface area (Å²) >= 11 is 0. The van der Waals surface area contributed by atoms with Crippen LogP contribution in [0.5, 0.6) is 0 Å². The molecule has 0 heterocycles. The van der Waals surface area contributed by atoms with E-state index in [1.807, 2.05) is 13.8 Å². The molecule has 0 fully saturated rings. The van der Waals surface area contributed by atoms with Crippen LogP contribution in [0.4, 0.5) is 0 Å². The highest BCUT2D eigenvalue weighted by Gasteiger charge is 2.21. The zero-order chi connectivity index (χ0) is 10.6. The predicted octanol–water partition coefficient (Wildman–Crippen LogP) is 0.365. The molecule has 76 valence electrons. The summed E-state index contributed by atoms with van der Waals surface area (Å²) < 4.78 is 0. The summed E-state index contributed by atoms with van der Waals surface area (Å²) in [6.07, 6.45) is 0. The van der Waals surface area contributed by atoms with E-state index < -0.39 is 11.9 Å². The third-order valence-electron chi connectivity index (χ3n) is 1.85. The van der Waals surface area contributed by atoms with Crippen molar-refractivity contribution in [3.63, 3.8) is 0 Å². The molecule has 13 heavy (non-hydrogen) atoms. The summed E-state index contributed by atoms with van der Waals surface area (Å²) in [7, 11) is 0. The van der Waals surface area contributed by atoms with Crippen LogP contribution >= 0.6 is 0 Å². The second-order valence-electron chi connectivity index (χ2n) is 3.64. The molecule has 1 unspecified atom stereocenters. The van der Waals surface area contributed by atoms with Crippen molar-refractivity contribution in [1.82, 2.24) is 4.90 Å². The van der Waals surface area contributed by atoms with Crippen molar-refractivity contribution < 1.29 is 9.59 Å². The summed E-state index contributed by atoms with van der Waals surface area (Å²) in [5, 5.41) is 0. The van der Waals surface area contributed by atoms with Crippen molar-refractivity contribution in [2.75, 3.05) is 6.54 Å². The Labute approximate surface area is 79.1 Å². The molecule has 0 saturated heterocycles. The number of primary amides is 1. The van der Waals surface area contributed by atoms with Crippen LogP contribution in [-0.2, 0) is 9.59 Å². The van der Waals surface area contributed by atoms with Gasteiger partial charge in [-0.3, -0.25) is 9.59 Å². The van der Waals surface area contributed by atoms with Crippen molar-refractivity contribution in [3.05, 3.63) is 0 Å². The number of rotatable bonds is 4. The summed E-state index contributed by atoms with van der Waals surface area (Å²) in [5.74, 6) is -0.235. The molecule has 0 bridgehead atoms. The van der Waals surface area contributed by atoms with Crippen molar-refractivity contribution in [2.24, 2.45) is 11.7 Å². The summed E-state index contributed by atoms with van der Waals surface area (Å²) in [6, 6.07) is -0.514. The first kappa shape index (κ1) is 11.9. The zero-order valence-corrected chi connectivity index (χ0v) is 8.70. The molecule has 0 aromatic carbocycles. The van der Waals surface area contributed by atoms with Crippen LogP contribution in [-0.4, -0.2) is 29.3 Å². The number of nitrogens with zero attached hydrogens (tertiary/aromatic N) is 1. The molecule has 0 aromatic heterocycles. The van der Waals surface area contributed by atoms with Crippen LogP contribution in [0.2, 0.25) is 0 Å². The summed E-state index contributed by atoms with van der Waals surface area (Å²) in [6.45, 7) is 7.64. The highest BCUT2D eigenvalue weighted by atomic mass is 16.2. The van der Waals surface area contributed by atoms with Crippen LogP contribution in [0, 0.1) is 5.92 Å². The SMILES string of the molecule is CC(=O)N(CC(C)C)C(C)C(N)=O. The first-order valence-electron chi connectivity index (χ1n) is 4.42. The van der Waals surface area contributed by atoms with E-state index in [2.05, 4.69) is 0 Å². The standard InChI is InChI=1S/C9H18N2O2/c1-6(2)5-11(8(4)12)7(3)9(10)13/h6-7H,5H2,1-4H3,(H2,10,13). The Morgan fingerprint density at radius 1 is 1.31 bits per heavy atom. The molecule has 4 heteroatoms. The zero-order valence-electron chi connectivity index (χ0n) is 8.70. The topological polar surface area (TPSA) is 63.4 Å². The Hall–Kier alpha value is -1.06. The lowest BCUT2D eigenvalue weighted by Crippen LogP contribution is -2.46. The van der Waals surface area contributed by atoms with E-state index in [1.54, 1.807) is 6.92 Å². The van der Waals surface area contributed by atoms with Crippen molar-refractivity contribution in [1.29, 1.82) is 0 Å². The molecule has 1 atom stereocenters. The van der Waals surface area contributed by atoms with Gasteiger partial charge in [0.15, 0.2) is 0 Å². The highest BCUT2D eigenvalue weighted by molar-refractivity contribution is 5.85. The van der Waals surface area contributed by atoms with Crippen LogP contribution in [0.1, 0.15) is 27.7 Å². The van der Waals surface area contributed by atoms with Gasteiger partial charge in [0.2, 0.25) is 11.8 Å². The number of amides is 2. The average molecular weight is 186 g/mol. The lowest BCUT2D eigenvalue weighted by atomic mass is 10.1. The largest absolute Gasteiger partial charge is 0.368 e. The van der Waals surface area contributed by atoms with Gasteiger partial charge < -0.3 is 10.6 Å². The number of hydrogen-bond donors (Lipinski definition) is 1. The predicted molar refractivity (Wildman–Crippen MR) is 50.9 cm³/mol. The Kier molecular flexibility index (Phi) is 4.45. The fourth-order valence-corrected chi connectivity index (χ4v) is 1.11. The molecule has 0 aliphatic carbocycles. The van der Waals surface area contributed by atoms with Gasteiger partial charge in [-0.25, -0.2) is 0 Å². The maximum atomic E-state index is 11.1. The van der Waals surface area contributed by atoms with E-state index in [9.17, 15) is 9.59 Å². The molecule has 4 nitrogen and oxygen atoms in total. The minimum atomic E-state index is -0.514. The molecule has 0 saturated carbocycles. The number of carbonyl (C=O) groups excluding carboxylic acids is 2. The van der Waals surface area contributed by atoms with Gasteiger partial charge in [-0.1, -0.05) is 13.8 Å². The quantitative estimate of drug-likeness (QED) is 0.689. The number of nitrogens with two attached hydrogens (primary N) is 1. The van der Waals surface area contributed by atoms with Crippen molar-refractivity contribution in [2.45, 2.75) is 33.7 Å². The van der Waals surface area contributed by atoms with Crippen LogP contribution in [0.25, 0.3) is 0 Å². The van der Waals surface area contributed by atoms with Crippen LogP contribution in [0.15, 0.2) is 0 Å². The lowest BCUT2D eigenvalue weighted by Gasteiger charge is -2.27. The monoisotopic (exact) mass is 186 g/mol. The van der Waals surface area contributed by atoms with Crippen LogP contribution < -0.4 is 5.73 Å². The van der Waals surface area contributed by atoms with Crippen molar-refractivity contribution >= 4 is 11.8 Å². The normalized spacial score (nSPS) is 12.7. The fourth-order valence-electron chi connectivity index (χ4n) is 1.11. The smallest absolute Gasteiger partial charge is 0.239 e. The van der Waals surface area contributed by atoms with Gasteiger partial charge in [-0.05, 0) is 12.8 Å². The molecule has 2 amide bonds. The van der Waals surface area contributed by atoms with Gasteiger partial charge in [-0.2, -0.15) is 0 Å². The van der Waals surface area contributed by atoms with Gasteiger partial charge >= 0.3 is 0 Å². The number of hydrogen-bond acceptors (Lipinski definition) is 2. The molecule has 0 aromatic rings. The van der Waals surface area contributed by atoms with Gasteiger partial charge in [0.1, 0.15) is 6.04 Å². The number of carbonyl (C=O) groups is 2. The van der Waals surface area contributed by atoms with Gasteiger partial charge in [-0.15, -0.1) is 0 Å². The van der Waals surface area contributed by atoms with Gasteiger partial charge in [0.25, 0.3) is 0 Å². The Bertz CT molecular complexity index is 202. The second kappa shape index (κ2) is 4.84. The molecule has 0 aliphatic heterocycles. The molecular weight excluding hydrogens is 168 g/mol. The van der Waals surface area contributed by atoms with Crippen LogP contribution in [0.3, 0.4) is 0 Å². The molecular formula is C9H18N2O2. The minimum absolute atomic E-state index is 0.111. The highest BCUT2D eigenvalue weighted by Crippen LogP contribution is 2.04. The Balaban J connectivity index is 4.42. The van der Waals surface area contributed by atoms with Crippen molar-refractivity contribution in [3.8, 4) is 0 Å². The second-order valence-corrected chi connectivity index (χ2v) is 3.64. The molecule has 0 spiro atoms. The lowest BCUT2D eigenvalue weighted by molar-refractivity contribution is -0.137. The summed E-state index contributed by atoms with van der Waals surface area (Å²) in [5.41, 5.74) is 5.12. The van der Waals surface area contributed by atoms with E-state index in [4.69, 9.17) is 5.73 Å². The first-order chi connectivity index (χ1) is 5.86. The molecule has 2 N–H and O–H groups in total. The maximum absolute atomic E-state index is 11.1. The van der Waals surface area contributed by atoms with Gasteiger partial charge in [0.05, 0.1) is 0 Å². The molecule has 0 radical (unpaired) electrons. The minimum Gasteiger partial charge on any atom is -0.368 e. The van der Waals surface area contributed by atoms with E-state index in [0.717, 1.165) is 0 Å². The van der Waals surface area contributed by atoms with E-state index in [1.165, 1.54) is 11.8 Å². The average Bonchev–Trinajstić information content (AvgIpc) is 1.97. The molecule has 0 aliphatic rings. The first-order valence-corrected chi connectivity index (χ1v) is 4.42.